The summed E-state index contributed by atoms with van der Waals surface area (Å²) in [5.41, 5.74) is 0.993. The van der Waals surface area contributed by atoms with Crippen LogP contribution in [0.2, 0.25) is 0 Å². The molecule has 9 nitrogen and oxygen atoms in total. The Kier molecular flexibility index (Phi) is 5.41. The number of carbonyl (C=O) groups excluding carboxylic acids is 1. The van der Waals surface area contributed by atoms with Crippen LogP contribution in [0.4, 0.5) is 17.6 Å². The van der Waals surface area contributed by atoms with Crippen molar-refractivity contribution in [3.63, 3.8) is 0 Å². The SMILES string of the molecule is Cc1cc(Nc2nc(NC3CC4CCCC(C3)N4C(=O)[C@@H]3CCCN3)nc3sccc23)n[nH]1. The number of hydrogen-bond acceptors (Lipinski definition) is 8. The van der Waals surface area contributed by atoms with Gasteiger partial charge in [0.2, 0.25) is 11.9 Å². The maximum absolute atomic E-state index is 13.2. The second-order valence-corrected chi connectivity index (χ2v) is 10.4. The Hall–Kier alpha value is -2.72. The Morgan fingerprint density at radius 2 is 2.03 bits per heavy atom. The van der Waals surface area contributed by atoms with Crippen LogP contribution in [0.1, 0.15) is 50.6 Å². The maximum Gasteiger partial charge on any atom is 0.240 e. The van der Waals surface area contributed by atoms with Gasteiger partial charge in [-0.3, -0.25) is 9.89 Å². The molecule has 33 heavy (non-hydrogen) atoms. The largest absolute Gasteiger partial charge is 0.351 e. The zero-order valence-corrected chi connectivity index (χ0v) is 19.6. The summed E-state index contributed by atoms with van der Waals surface area (Å²) in [6.07, 6.45) is 7.34. The van der Waals surface area contributed by atoms with Crippen molar-refractivity contribution in [3.8, 4) is 0 Å². The molecule has 3 atom stereocenters. The minimum atomic E-state index is 0.0153. The first-order valence-corrected chi connectivity index (χ1v) is 12.9. The summed E-state index contributed by atoms with van der Waals surface area (Å²) in [4.78, 5) is 26.0. The smallest absolute Gasteiger partial charge is 0.240 e. The molecule has 174 valence electrons. The van der Waals surface area contributed by atoms with Gasteiger partial charge in [0, 0.05) is 29.9 Å². The van der Waals surface area contributed by atoms with Crippen LogP contribution in [0, 0.1) is 6.92 Å². The molecule has 0 spiro atoms. The molecule has 3 aliphatic rings. The predicted molar refractivity (Wildman–Crippen MR) is 130 cm³/mol. The van der Waals surface area contributed by atoms with Gasteiger partial charge in [-0.05, 0) is 69.9 Å². The van der Waals surface area contributed by atoms with Gasteiger partial charge < -0.3 is 20.9 Å². The van der Waals surface area contributed by atoms with Crippen LogP contribution in [0.3, 0.4) is 0 Å². The van der Waals surface area contributed by atoms with Crippen molar-refractivity contribution in [1.82, 2.24) is 30.4 Å². The first kappa shape index (κ1) is 20.9. The third-order valence-corrected chi connectivity index (χ3v) is 8.00. The van der Waals surface area contributed by atoms with Gasteiger partial charge in [0.1, 0.15) is 10.6 Å². The van der Waals surface area contributed by atoms with Gasteiger partial charge >= 0.3 is 0 Å². The number of aryl methyl sites for hydroxylation is 1. The molecule has 2 bridgehead atoms. The van der Waals surface area contributed by atoms with E-state index in [2.05, 4.69) is 31.0 Å². The molecule has 0 saturated carbocycles. The fourth-order valence-corrected chi connectivity index (χ4v) is 6.50. The Morgan fingerprint density at radius 1 is 1.18 bits per heavy atom. The first-order chi connectivity index (χ1) is 16.1. The van der Waals surface area contributed by atoms with Crippen molar-refractivity contribution in [1.29, 1.82) is 0 Å². The zero-order chi connectivity index (χ0) is 22.4. The average molecular weight is 467 g/mol. The lowest BCUT2D eigenvalue weighted by atomic mass is 9.81. The van der Waals surface area contributed by atoms with Gasteiger partial charge in [0.25, 0.3) is 0 Å². The van der Waals surface area contributed by atoms with E-state index in [4.69, 9.17) is 9.97 Å². The summed E-state index contributed by atoms with van der Waals surface area (Å²) in [5, 5.41) is 20.6. The number of piperidine rings is 2. The Morgan fingerprint density at radius 3 is 2.76 bits per heavy atom. The summed E-state index contributed by atoms with van der Waals surface area (Å²) in [7, 11) is 0. The van der Waals surface area contributed by atoms with Crippen LogP contribution in [0.5, 0.6) is 0 Å². The van der Waals surface area contributed by atoms with Crippen molar-refractivity contribution in [2.75, 3.05) is 17.2 Å². The van der Waals surface area contributed by atoms with Crippen LogP contribution in [0.25, 0.3) is 10.2 Å². The molecule has 3 fully saturated rings. The van der Waals surface area contributed by atoms with Crippen molar-refractivity contribution < 1.29 is 4.79 Å². The van der Waals surface area contributed by atoms with E-state index in [0.29, 0.717) is 23.9 Å². The minimum Gasteiger partial charge on any atom is -0.351 e. The number of H-pyrrole nitrogens is 1. The van der Waals surface area contributed by atoms with E-state index in [1.807, 2.05) is 24.4 Å². The van der Waals surface area contributed by atoms with E-state index < -0.39 is 0 Å². The maximum atomic E-state index is 13.2. The lowest BCUT2D eigenvalue weighted by molar-refractivity contribution is -0.142. The number of aromatic nitrogens is 4. The quantitative estimate of drug-likeness (QED) is 0.455. The number of aromatic amines is 1. The van der Waals surface area contributed by atoms with Crippen LogP contribution < -0.4 is 16.0 Å². The Labute approximate surface area is 196 Å². The number of thiophene rings is 1. The topological polar surface area (TPSA) is 111 Å². The third kappa shape index (κ3) is 4.06. The van der Waals surface area contributed by atoms with Gasteiger partial charge in [-0.2, -0.15) is 10.1 Å². The van der Waals surface area contributed by atoms with E-state index in [0.717, 1.165) is 72.6 Å². The number of anilines is 3. The zero-order valence-electron chi connectivity index (χ0n) is 18.8. The Bertz CT molecular complexity index is 1140. The highest BCUT2D eigenvalue weighted by atomic mass is 32.1. The van der Waals surface area contributed by atoms with Crippen molar-refractivity contribution >= 4 is 45.0 Å². The molecule has 0 radical (unpaired) electrons. The van der Waals surface area contributed by atoms with E-state index in [-0.39, 0.29) is 12.1 Å². The molecule has 3 aromatic rings. The predicted octanol–water partition coefficient (Wildman–Crippen LogP) is 3.54. The molecule has 0 aliphatic carbocycles. The van der Waals surface area contributed by atoms with E-state index in [1.165, 1.54) is 6.42 Å². The monoisotopic (exact) mass is 466 g/mol. The summed E-state index contributed by atoms with van der Waals surface area (Å²) in [6, 6.07) is 4.89. The molecule has 6 heterocycles. The summed E-state index contributed by atoms with van der Waals surface area (Å²) in [6.45, 7) is 2.93. The Balaban J connectivity index is 1.21. The molecule has 10 heteroatoms. The molecule has 3 saturated heterocycles. The first-order valence-electron chi connectivity index (χ1n) is 12.0. The van der Waals surface area contributed by atoms with Crippen LogP contribution in [-0.4, -0.2) is 61.7 Å². The highest BCUT2D eigenvalue weighted by Gasteiger charge is 2.43. The molecule has 6 rings (SSSR count). The highest BCUT2D eigenvalue weighted by molar-refractivity contribution is 7.16. The second kappa shape index (κ2) is 8.57. The number of carbonyl (C=O) groups is 1. The number of rotatable bonds is 5. The third-order valence-electron chi connectivity index (χ3n) is 7.20. The van der Waals surface area contributed by atoms with Gasteiger partial charge in [-0.25, -0.2) is 4.98 Å². The summed E-state index contributed by atoms with van der Waals surface area (Å²) in [5.74, 6) is 2.46. The lowest BCUT2D eigenvalue weighted by Crippen LogP contribution is -2.60. The van der Waals surface area contributed by atoms with Gasteiger partial charge in [-0.15, -0.1) is 11.3 Å². The molecular formula is C23H30N8OS. The molecule has 1 amide bonds. The molecular weight excluding hydrogens is 436 g/mol. The summed E-state index contributed by atoms with van der Waals surface area (Å²) >= 11 is 1.61. The minimum absolute atomic E-state index is 0.0153. The van der Waals surface area contributed by atoms with Crippen LogP contribution in [-0.2, 0) is 4.79 Å². The van der Waals surface area contributed by atoms with Crippen molar-refractivity contribution in [2.24, 2.45) is 0 Å². The molecule has 3 aliphatic heterocycles. The van der Waals surface area contributed by atoms with Crippen molar-refractivity contribution in [2.45, 2.75) is 76.0 Å². The van der Waals surface area contributed by atoms with Gasteiger partial charge in [0.15, 0.2) is 5.82 Å². The van der Waals surface area contributed by atoms with E-state index >= 15 is 0 Å². The number of fused-ring (bicyclic) bond motifs is 3. The van der Waals surface area contributed by atoms with Gasteiger partial charge in [0.05, 0.1) is 11.4 Å². The standard InChI is InChI=1S/C23H30N8OS/c1-13-10-19(30-29-13)26-20-17-7-9-33-21(17)28-23(27-20)25-14-11-15-4-2-5-16(12-14)31(15)22(32)18-6-3-8-24-18/h7,9-10,14-16,18,24H,2-6,8,11-12H2,1H3,(H3,25,26,27,28,29,30)/t14?,15?,16?,18-/m0/s1. The number of amides is 1. The lowest BCUT2D eigenvalue weighted by Gasteiger charge is -2.49. The molecule has 2 unspecified atom stereocenters. The molecule has 3 aromatic heterocycles. The summed E-state index contributed by atoms with van der Waals surface area (Å²) < 4.78 is 0. The molecule has 0 aromatic carbocycles. The van der Waals surface area contributed by atoms with Gasteiger partial charge in [-0.1, -0.05) is 0 Å². The molecule has 4 N–H and O–H groups in total. The van der Waals surface area contributed by atoms with E-state index in [1.54, 1.807) is 11.3 Å². The number of nitrogens with one attached hydrogen (secondary N) is 4. The van der Waals surface area contributed by atoms with Crippen LogP contribution >= 0.6 is 11.3 Å². The van der Waals surface area contributed by atoms with Crippen LogP contribution in [0.15, 0.2) is 17.5 Å². The van der Waals surface area contributed by atoms with E-state index in [9.17, 15) is 4.79 Å². The fourth-order valence-electron chi connectivity index (χ4n) is 5.74. The normalized spacial score (nSPS) is 27.1. The number of nitrogens with zero attached hydrogens (tertiary/aromatic N) is 4. The number of hydrogen-bond donors (Lipinski definition) is 4. The fraction of sp³-hybridized carbons (Fsp3) is 0.565. The highest BCUT2D eigenvalue weighted by Crippen LogP contribution is 2.36. The average Bonchev–Trinajstić information content (AvgIpc) is 3.55. The second-order valence-electron chi connectivity index (χ2n) is 9.54. The van der Waals surface area contributed by atoms with Crippen molar-refractivity contribution in [3.05, 3.63) is 23.2 Å².